The second kappa shape index (κ2) is 6.15. The number of rotatable bonds is 5. The fraction of sp³-hybridized carbons (Fsp3) is 0.500. The molecule has 1 aromatic rings. The van der Waals surface area contributed by atoms with E-state index in [0.29, 0.717) is 18.1 Å². The van der Waals surface area contributed by atoms with Gasteiger partial charge in [-0.2, -0.15) is 0 Å². The Kier molecular flexibility index (Phi) is 4.52. The summed E-state index contributed by atoms with van der Waals surface area (Å²) >= 11 is 0. The quantitative estimate of drug-likeness (QED) is 0.643. The molecule has 0 bridgehead atoms. The van der Waals surface area contributed by atoms with Crippen molar-refractivity contribution in [3.8, 4) is 0 Å². The summed E-state index contributed by atoms with van der Waals surface area (Å²) < 4.78 is 38.1. The molecule has 20 heavy (non-hydrogen) atoms. The Labute approximate surface area is 116 Å². The summed E-state index contributed by atoms with van der Waals surface area (Å²) in [5.74, 6) is 0.0928. The summed E-state index contributed by atoms with van der Waals surface area (Å²) in [4.78, 5) is 3.87. The van der Waals surface area contributed by atoms with Gasteiger partial charge in [0.15, 0.2) is 5.96 Å². The highest BCUT2D eigenvalue weighted by Gasteiger charge is 2.45. The summed E-state index contributed by atoms with van der Waals surface area (Å²) in [5, 5.41) is 5.52. The fourth-order valence-electron chi connectivity index (χ4n) is 2.23. The molecule has 2 rings (SSSR count). The van der Waals surface area contributed by atoms with E-state index in [2.05, 4.69) is 15.6 Å². The third-order valence-electron chi connectivity index (χ3n) is 3.54. The van der Waals surface area contributed by atoms with Crippen molar-refractivity contribution in [2.24, 2.45) is 4.99 Å². The van der Waals surface area contributed by atoms with E-state index in [1.165, 1.54) is 13.1 Å². The highest BCUT2D eigenvalue weighted by atomic mass is 19.3. The molecule has 0 unspecified atom stereocenters. The minimum atomic E-state index is -2.44. The van der Waals surface area contributed by atoms with Crippen molar-refractivity contribution in [2.75, 3.05) is 20.1 Å². The minimum Gasteiger partial charge on any atom is -0.356 e. The maximum atomic E-state index is 13.8. The van der Waals surface area contributed by atoms with Gasteiger partial charge in [-0.1, -0.05) is 18.2 Å². The minimum absolute atomic E-state index is 0.220. The number of halogens is 3. The third kappa shape index (κ3) is 3.43. The lowest BCUT2D eigenvalue weighted by molar-refractivity contribution is 0.152. The van der Waals surface area contributed by atoms with Crippen LogP contribution >= 0.6 is 0 Å². The molecular formula is C14H18F3N3. The average Bonchev–Trinajstić information content (AvgIpc) is 3.20. The number of nitrogens with zero attached hydrogens (tertiary/aromatic N) is 1. The van der Waals surface area contributed by atoms with Gasteiger partial charge in [0.25, 0.3) is 6.43 Å². The van der Waals surface area contributed by atoms with Gasteiger partial charge in [-0.05, 0) is 24.5 Å². The van der Waals surface area contributed by atoms with Crippen LogP contribution in [0.15, 0.2) is 29.3 Å². The van der Waals surface area contributed by atoms with Gasteiger partial charge in [-0.3, -0.25) is 4.99 Å². The Bertz CT molecular complexity index is 484. The molecular weight excluding hydrogens is 267 g/mol. The lowest BCUT2D eigenvalue weighted by Gasteiger charge is -2.19. The number of guanidine groups is 1. The van der Waals surface area contributed by atoms with Crippen LogP contribution in [-0.4, -0.2) is 32.5 Å². The molecule has 0 heterocycles. The lowest BCUT2D eigenvalue weighted by atomic mass is 9.95. The molecule has 0 spiro atoms. The molecule has 0 saturated heterocycles. The van der Waals surface area contributed by atoms with E-state index >= 15 is 0 Å². The molecule has 0 aliphatic heterocycles. The summed E-state index contributed by atoms with van der Waals surface area (Å²) in [6.07, 6.45) is -0.672. The van der Waals surface area contributed by atoms with Crippen molar-refractivity contribution in [3.63, 3.8) is 0 Å². The van der Waals surface area contributed by atoms with Gasteiger partial charge < -0.3 is 10.6 Å². The first-order valence-electron chi connectivity index (χ1n) is 6.55. The zero-order valence-electron chi connectivity index (χ0n) is 11.3. The highest BCUT2D eigenvalue weighted by molar-refractivity contribution is 5.79. The van der Waals surface area contributed by atoms with Crippen LogP contribution in [0, 0.1) is 5.82 Å². The predicted octanol–water partition coefficient (Wildman–Crippen LogP) is 2.29. The van der Waals surface area contributed by atoms with E-state index in [1.54, 1.807) is 12.1 Å². The molecule has 1 saturated carbocycles. The van der Waals surface area contributed by atoms with Gasteiger partial charge in [0.2, 0.25) is 0 Å². The molecule has 0 radical (unpaired) electrons. The lowest BCUT2D eigenvalue weighted by Crippen LogP contribution is -2.43. The van der Waals surface area contributed by atoms with Gasteiger partial charge in [-0.15, -0.1) is 0 Å². The summed E-state index contributed by atoms with van der Waals surface area (Å²) in [6, 6.07) is 6.69. The molecule has 0 atom stereocenters. The van der Waals surface area contributed by atoms with Crippen LogP contribution in [0.5, 0.6) is 0 Å². The van der Waals surface area contributed by atoms with Crippen LogP contribution < -0.4 is 10.6 Å². The summed E-state index contributed by atoms with van der Waals surface area (Å²) in [5.41, 5.74) is 0.435. The van der Waals surface area contributed by atoms with E-state index in [0.717, 1.165) is 12.8 Å². The van der Waals surface area contributed by atoms with E-state index in [1.807, 2.05) is 6.07 Å². The van der Waals surface area contributed by atoms with E-state index < -0.39 is 13.0 Å². The van der Waals surface area contributed by atoms with Crippen LogP contribution in [0.2, 0.25) is 0 Å². The molecule has 0 aromatic heterocycles. The smallest absolute Gasteiger partial charge is 0.255 e. The Balaban J connectivity index is 1.95. The van der Waals surface area contributed by atoms with Crippen molar-refractivity contribution in [2.45, 2.75) is 24.7 Å². The first kappa shape index (κ1) is 14.7. The molecule has 1 aliphatic rings. The van der Waals surface area contributed by atoms with Crippen LogP contribution in [0.3, 0.4) is 0 Å². The molecule has 1 aromatic carbocycles. The normalized spacial score (nSPS) is 17.1. The van der Waals surface area contributed by atoms with Gasteiger partial charge in [0, 0.05) is 19.0 Å². The average molecular weight is 285 g/mol. The van der Waals surface area contributed by atoms with Crippen molar-refractivity contribution in [3.05, 3.63) is 35.6 Å². The molecule has 0 amide bonds. The number of benzene rings is 1. The largest absolute Gasteiger partial charge is 0.356 e. The van der Waals surface area contributed by atoms with Crippen LogP contribution in [0.25, 0.3) is 0 Å². The maximum absolute atomic E-state index is 13.8. The topological polar surface area (TPSA) is 36.4 Å². The SMILES string of the molecule is CN=C(NCC(F)F)NCC1(c2ccccc2F)CC1. The maximum Gasteiger partial charge on any atom is 0.255 e. The Morgan fingerprint density at radius 2 is 2.00 bits per heavy atom. The molecule has 2 N–H and O–H groups in total. The van der Waals surface area contributed by atoms with E-state index in [-0.39, 0.29) is 11.2 Å². The van der Waals surface area contributed by atoms with Crippen molar-refractivity contribution >= 4 is 5.96 Å². The summed E-state index contributed by atoms with van der Waals surface area (Å²) in [6.45, 7) is 0.0310. The first-order chi connectivity index (χ1) is 9.57. The zero-order valence-corrected chi connectivity index (χ0v) is 11.3. The summed E-state index contributed by atoms with van der Waals surface area (Å²) in [7, 11) is 1.52. The fourth-order valence-corrected chi connectivity index (χ4v) is 2.23. The third-order valence-corrected chi connectivity index (χ3v) is 3.54. The number of hydrogen-bond acceptors (Lipinski definition) is 1. The van der Waals surface area contributed by atoms with Gasteiger partial charge in [0.05, 0.1) is 6.54 Å². The van der Waals surface area contributed by atoms with Gasteiger partial charge in [-0.25, -0.2) is 13.2 Å². The van der Waals surface area contributed by atoms with Crippen LogP contribution in [0.4, 0.5) is 13.2 Å². The molecule has 1 aliphatic carbocycles. The highest BCUT2D eigenvalue weighted by Crippen LogP contribution is 2.48. The van der Waals surface area contributed by atoms with Gasteiger partial charge >= 0.3 is 0 Å². The van der Waals surface area contributed by atoms with E-state index in [4.69, 9.17) is 0 Å². The predicted molar refractivity (Wildman–Crippen MR) is 72.7 cm³/mol. The van der Waals surface area contributed by atoms with Crippen molar-refractivity contribution in [1.29, 1.82) is 0 Å². The number of alkyl halides is 2. The second-order valence-electron chi connectivity index (χ2n) is 4.96. The number of aliphatic imine (C=N–C) groups is 1. The number of nitrogens with one attached hydrogen (secondary N) is 2. The Morgan fingerprint density at radius 3 is 2.55 bits per heavy atom. The Morgan fingerprint density at radius 1 is 1.30 bits per heavy atom. The monoisotopic (exact) mass is 285 g/mol. The zero-order chi connectivity index (χ0) is 14.6. The second-order valence-corrected chi connectivity index (χ2v) is 4.96. The Hall–Kier alpha value is -1.72. The van der Waals surface area contributed by atoms with Crippen LogP contribution in [-0.2, 0) is 5.41 Å². The van der Waals surface area contributed by atoms with Crippen molar-refractivity contribution in [1.82, 2.24) is 10.6 Å². The van der Waals surface area contributed by atoms with Crippen molar-refractivity contribution < 1.29 is 13.2 Å². The first-order valence-corrected chi connectivity index (χ1v) is 6.55. The molecule has 110 valence electrons. The standard InChI is InChI=1S/C14H18F3N3/c1-18-13(19-8-12(16)17)20-9-14(6-7-14)10-4-2-3-5-11(10)15/h2-5,12H,6-9H2,1H3,(H2,18,19,20). The van der Waals surface area contributed by atoms with Crippen LogP contribution in [0.1, 0.15) is 18.4 Å². The number of hydrogen-bond donors (Lipinski definition) is 2. The van der Waals surface area contributed by atoms with Gasteiger partial charge in [0.1, 0.15) is 5.82 Å². The molecule has 3 nitrogen and oxygen atoms in total. The molecule has 1 fully saturated rings. The van der Waals surface area contributed by atoms with E-state index in [9.17, 15) is 13.2 Å². The molecule has 6 heteroatoms.